The molecule has 0 atom stereocenters. The second kappa shape index (κ2) is 7.61. The average molecular weight is 347 g/mol. The number of carbonyl (C=O) groups is 1. The third-order valence-electron chi connectivity index (χ3n) is 4.41. The standard InChI is InChI=1S/C23H25NO2/c1-23(2,3)20-13-6-7-14-21(20)26-16-22(25)24-15-18-11-8-10-17-9-4-5-12-19(17)18/h4-14H,15-16H2,1-3H3,(H,24,25). The van der Waals surface area contributed by atoms with E-state index in [4.69, 9.17) is 4.74 Å². The lowest BCUT2D eigenvalue weighted by atomic mass is 9.86. The van der Waals surface area contributed by atoms with E-state index in [1.807, 2.05) is 48.5 Å². The summed E-state index contributed by atoms with van der Waals surface area (Å²) in [5.74, 6) is 0.641. The van der Waals surface area contributed by atoms with Crippen LogP contribution in [-0.2, 0) is 16.8 Å². The Kier molecular flexibility index (Phi) is 5.27. The topological polar surface area (TPSA) is 38.3 Å². The summed E-state index contributed by atoms with van der Waals surface area (Å²) in [6.45, 7) is 6.91. The van der Waals surface area contributed by atoms with Crippen LogP contribution in [-0.4, -0.2) is 12.5 Å². The number of rotatable bonds is 5. The fourth-order valence-corrected chi connectivity index (χ4v) is 3.05. The molecule has 0 fully saturated rings. The molecule has 0 aromatic heterocycles. The lowest BCUT2D eigenvalue weighted by molar-refractivity contribution is -0.123. The van der Waals surface area contributed by atoms with Gasteiger partial charge in [-0.15, -0.1) is 0 Å². The summed E-state index contributed by atoms with van der Waals surface area (Å²) in [5.41, 5.74) is 2.17. The second-order valence-electron chi connectivity index (χ2n) is 7.45. The maximum Gasteiger partial charge on any atom is 0.258 e. The maximum atomic E-state index is 12.3. The summed E-state index contributed by atoms with van der Waals surface area (Å²) < 4.78 is 5.79. The van der Waals surface area contributed by atoms with Gasteiger partial charge in [0.05, 0.1) is 0 Å². The Bertz CT molecular complexity index is 904. The van der Waals surface area contributed by atoms with Gasteiger partial charge < -0.3 is 10.1 Å². The third kappa shape index (κ3) is 4.23. The van der Waals surface area contributed by atoms with Gasteiger partial charge >= 0.3 is 0 Å². The smallest absolute Gasteiger partial charge is 0.258 e. The van der Waals surface area contributed by atoms with Crippen molar-refractivity contribution in [3.8, 4) is 5.75 Å². The molecule has 3 nitrogen and oxygen atoms in total. The normalized spacial score (nSPS) is 11.3. The molecule has 0 saturated carbocycles. The number of nitrogens with one attached hydrogen (secondary N) is 1. The number of para-hydroxylation sites is 1. The minimum atomic E-state index is -0.123. The Labute approximate surface area is 155 Å². The highest BCUT2D eigenvalue weighted by Gasteiger charge is 2.18. The van der Waals surface area contributed by atoms with E-state index in [9.17, 15) is 4.79 Å². The van der Waals surface area contributed by atoms with Crippen molar-refractivity contribution >= 4 is 16.7 Å². The number of carbonyl (C=O) groups excluding carboxylic acids is 1. The first-order chi connectivity index (χ1) is 12.4. The molecule has 26 heavy (non-hydrogen) atoms. The maximum absolute atomic E-state index is 12.3. The minimum Gasteiger partial charge on any atom is -0.483 e. The van der Waals surface area contributed by atoms with Gasteiger partial charge in [0, 0.05) is 6.54 Å². The number of fused-ring (bicyclic) bond motifs is 1. The Morgan fingerprint density at radius 1 is 0.923 bits per heavy atom. The quantitative estimate of drug-likeness (QED) is 0.718. The molecule has 0 unspecified atom stereocenters. The van der Waals surface area contributed by atoms with E-state index in [1.165, 1.54) is 5.39 Å². The number of amides is 1. The van der Waals surface area contributed by atoms with Crippen LogP contribution in [0.25, 0.3) is 10.8 Å². The molecule has 1 amide bonds. The molecular formula is C23H25NO2. The summed E-state index contributed by atoms with van der Waals surface area (Å²) in [6.07, 6.45) is 0. The Balaban J connectivity index is 1.62. The summed E-state index contributed by atoms with van der Waals surface area (Å²) in [4.78, 5) is 12.3. The Morgan fingerprint density at radius 2 is 1.62 bits per heavy atom. The summed E-state index contributed by atoms with van der Waals surface area (Å²) in [6, 6.07) is 22.2. The molecule has 0 heterocycles. The molecule has 0 bridgehead atoms. The lowest BCUT2D eigenvalue weighted by Crippen LogP contribution is -2.29. The van der Waals surface area contributed by atoms with E-state index >= 15 is 0 Å². The molecular weight excluding hydrogens is 322 g/mol. The number of ether oxygens (including phenoxy) is 1. The van der Waals surface area contributed by atoms with Crippen LogP contribution in [0.4, 0.5) is 0 Å². The van der Waals surface area contributed by atoms with Crippen molar-refractivity contribution in [2.45, 2.75) is 32.7 Å². The molecule has 0 spiro atoms. The Morgan fingerprint density at radius 3 is 2.42 bits per heavy atom. The molecule has 3 aromatic carbocycles. The first kappa shape index (κ1) is 18.0. The summed E-state index contributed by atoms with van der Waals surface area (Å²) in [7, 11) is 0. The predicted molar refractivity (Wildman–Crippen MR) is 106 cm³/mol. The fourth-order valence-electron chi connectivity index (χ4n) is 3.05. The molecule has 0 saturated heterocycles. The van der Waals surface area contributed by atoms with Crippen molar-refractivity contribution in [1.82, 2.24) is 5.32 Å². The highest BCUT2D eigenvalue weighted by atomic mass is 16.5. The molecule has 0 aliphatic carbocycles. The molecule has 0 aliphatic rings. The van der Waals surface area contributed by atoms with E-state index in [0.29, 0.717) is 6.54 Å². The van der Waals surface area contributed by atoms with Gasteiger partial charge in [0.1, 0.15) is 5.75 Å². The van der Waals surface area contributed by atoms with Gasteiger partial charge in [-0.25, -0.2) is 0 Å². The molecule has 3 heteroatoms. The van der Waals surface area contributed by atoms with Crippen LogP contribution in [0.1, 0.15) is 31.9 Å². The monoisotopic (exact) mass is 347 g/mol. The van der Waals surface area contributed by atoms with Crippen LogP contribution in [0.5, 0.6) is 5.75 Å². The van der Waals surface area contributed by atoms with Gasteiger partial charge in [0.25, 0.3) is 5.91 Å². The molecule has 134 valence electrons. The van der Waals surface area contributed by atoms with Crippen molar-refractivity contribution in [1.29, 1.82) is 0 Å². The van der Waals surface area contributed by atoms with Gasteiger partial charge in [0.2, 0.25) is 0 Å². The van der Waals surface area contributed by atoms with Crippen molar-refractivity contribution in [2.75, 3.05) is 6.61 Å². The lowest BCUT2D eigenvalue weighted by Gasteiger charge is -2.22. The number of hydrogen-bond acceptors (Lipinski definition) is 2. The first-order valence-electron chi connectivity index (χ1n) is 8.91. The van der Waals surface area contributed by atoms with E-state index in [2.05, 4.69) is 44.3 Å². The zero-order valence-corrected chi connectivity index (χ0v) is 15.6. The largest absolute Gasteiger partial charge is 0.483 e. The SMILES string of the molecule is CC(C)(C)c1ccccc1OCC(=O)NCc1cccc2ccccc12. The molecule has 3 rings (SSSR count). The van der Waals surface area contributed by atoms with Crippen molar-refractivity contribution < 1.29 is 9.53 Å². The minimum absolute atomic E-state index is 0.0118. The predicted octanol–water partition coefficient (Wildman–Crippen LogP) is 4.83. The summed E-state index contributed by atoms with van der Waals surface area (Å²) >= 11 is 0. The number of benzene rings is 3. The molecule has 0 radical (unpaired) electrons. The van der Waals surface area contributed by atoms with Crippen LogP contribution in [0.3, 0.4) is 0 Å². The second-order valence-corrected chi connectivity index (χ2v) is 7.45. The highest BCUT2D eigenvalue weighted by molar-refractivity contribution is 5.86. The van der Waals surface area contributed by atoms with Crippen molar-refractivity contribution in [2.24, 2.45) is 0 Å². The van der Waals surface area contributed by atoms with Crippen LogP contribution < -0.4 is 10.1 Å². The van der Waals surface area contributed by atoms with Gasteiger partial charge in [-0.3, -0.25) is 4.79 Å². The first-order valence-corrected chi connectivity index (χ1v) is 8.91. The number of hydrogen-bond donors (Lipinski definition) is 1. The molecule has 3 aromatic rings. The van der Waals surface area contributed by atoms with Gasteiger partial charge in [-0.05, 0) is 33.4 Å². The Hall–Kier alpha value is -2.81. The molecule has 1 N–H and O–H groups in total. The van der Waals surface area contributed by atoms with Crippen LogP contribution in [0.15, 0.2) is 66.7 Å². The van der Waals surface area contributed by atoms with Crippen molar-refractivity contribution in [3.05, 3.63) is 77.9 Å². The van der Waals surface area contributed by atoms with Gasteiger partial charge in [0.15, 0.2) is 6.61 Å². The van der Waals surface area contributed by atoms with Crippen LogP contribution >= 0.6 is 0 Å². The summed E-state index contributed by atoms with van der Waals surface area (Å²) in [5, 5.41) is 5.29. The molecule has 0 aliphatic heterocycles. The van der Waals surface area contributed by atoms with E-state index < -0.39 is 0 Å². The van der Waals surface area contributed by atoms with E-state index in [1.54, 1.807) is 0 Å². The highest BCUT2D eigenvalue weighted by Crippen LogP contribution is 2.30. The van der Waals surface area contributed by atoms with Crippen LogP contribution in [0.2, 0.25) is 0 Å². The fraction of sp³-hybridized carbons (Fsp3) is 0.261. The zero-order valence-electron chi connectivity index (χ0n) is 15.6. The average Bonchev–Trinajstić information content (AvgIpc) is 2.64. The van der Waals surface area contributed by atoms with Crippen LogP contribution in [0, 0.1) is 0 Å². The zero-order chi connectivity index (χ0) is 18.6. The van der Waals surface area contributed by atoms with E-state index in [0.717, 1.165) is 22.3 Å². The van der Waals surface area contributed by atoms with Gasteiger partial charge in [-0.2, -0.15) is 0 Å². The van der Waals surface area contributed by atoms with E-state index in [-0.39, 0.29) is 17.9 Å². The third-order valence-corrected chi connectivity index (χ3v) is 4.41. The van der Waals surface area contributed by atoms with Gasteiger partial charge in [-0.1, -0.05) is 81.4 Å². The van der Waals surface area contributed by atoms with Crippen molar-refractivity contribution in [3.63, 3.8) is 0 Å².